The average Bonchev–Trinajstić information content (AvgIpc) is 3.46. The lowest BCUT2D eigenvalue weighted by molar-refractivity contribution is -0.119. The van der Waals surface area contributed by atoms with E-state index >= 15 is 4.39 Å². The van der Waals surface area contributed by atoms with E-state index in [0.717, 1.165) is 5.56 Å². The van der Waals surface area contributed by atoms with E-state index < -0.39 is 17.7 Å². The van der Waals surface area contributed by atoms with Gasteiger partial charge in [0.15, 0.2) is 11.5 Å². The van der Waals surface area contributed by atoms with Crippen LogP contribution >= 0.6 is 0 Å². The molecule has 2 N–H and O–H groups in total. The van der Waals surface area contributed by atoms with Gasteiger partial charge in [-0.1, -0.05) is 42.5 Å². The van der Waals surface area contributed by atoms with Crippen LogP contribution in [-0.2, 0) is 16.1 Å². The SMILES string of the molecule is CNc1ncnc2c1ncn2CC1(N2C[C@H](CNC(C)=O)OC2=O)C=CC(c2ccccc2)=C(F)C1. The van der Waals surface area contributed by atoms with Crippen molar-refractivity contribution in [3.8, 4) is 0 Å². The molecule has 2 atom stereocenters. The number of cyclic esters (lactones) is 1. The normalized spacial score (nSPS) is 21.7. The highest BCUT2D eigenvalue weighted by atomic mass is 19.1. The number of fused-ring (bicyclic) bond motifs is 1. The zero-order chi connectivity index (χ0) is 25.3. The van der Waals surface area contributed by atoms with Crippen molar-refractivity contribution >= 4 is 34.6 Å². The number of nitrogens with one attached hydrogen (secondary N) is 2. The van der Waals surface area contributed by atoms with Gasteiger partial charge in [0.05, 0.1) is 31.5 Å². The lowest BCUT2D eigenvalue weighted by Crippen LogP contribution is -2.52. The first kappa shape index (κ1) is 23.5. The topological polar surface area (TPSA) is 114 Å². The fourth-order valence-electron chi connectivity index (χ4n) is 4.73. The summed E-state index contributed by atoms with van der Waals surface area (Å²) in [6, 6.07) is 9.28. The molecule has 3 heterocycles. The number of nitrogens with zero attached hydrogens (tertiary/aromatic N) is 5. The van der Waals surface area contributed by atoms with Crippen molar-refractivity contribution in [1.29, 1.82) is 0 Å². The number of halogens is 1. The molecule has 2 aliphatic rings. The summed E-state index contributed by atoms with van der Waals surface area (Å²) in [5, 5.41) is 5.67. The summed E-state index contributed by atoms with van der Waals surface area (Å²) in [4.78, 5) is 39.0. The van der Waals surface area contributed by atoms with Gasteiger partial charge in [-0.3, -0.25) is 9.69 Å². The Morgan fingerprint density at radius 1 is 1.25 bits per heavy atom. The van der Waals surface area contributed by atoms with Gasteiger partial charge >= 0.3 is 6.09 Å². The molecule has 2 aromatic heterocycles. The Labute approximate surface area is 206 Å². The third-order valence-corrected chi connectivity index (χ3v) is 6.47. The molecule has 11 heteroatoms. The van der Waals surface area contributed by atoms with E-state index in [1.54, 1.807) is 24.0 Å². The number of carbonyl (C=O) groups excluding carboxylic acids is 2. The van der Waals surface area contributed by atoms with Crippen molar-refractivity contribution in [2.24, 2.45) is 0 Å². The molecule has 1 aliphatic carbocycles. The zero-order valence-electron chi connectivity index (χ0n) is 19.9. The minimum absolute atomic E-state index is 0.0562. The van der Waals surface area contributed by atoms with E-state index in [1.807, 2.05) is 36.4 Å². The van der Waals surface area contributed by atoms with Crippen LogP contribution in [-0.4, -0.2) is 68.2 Å². The molecule has 5 rings (SSSR count). The first-order valence-corrected chi connectivity index (χ1v) is 11.6. The number of allylic oxidation sites excluding steroid dienone is 2. The van der Waals surface area contributed by atoms with Crippen molar-refractivity contribution in [2.75, 3.05) is 25.5 Å². The van der Waals surface area contributed by atoms with Crippen molar-refractivity contribution in [1.82, 2.24) is 29.7 Å². The third kappa shape index (κ3) is 4.28. The van der Waals surface area contributed by atoms with Crippen LogP contribution in [0.25, 0.3) is 16.7 Å². The molecule has 10 nitrogen and oxygen atoms in total. The number of amides is 2. The molecule has 0 saturated carbocycles. The number of ether oxygens (including phenoxy) is 1. The Morgan fingerprint density at radius 2 is 2.06 bits per heavy atom. The molecule has 0 bridgehead atoms. The predicted octanol–water partition coefficient (Wildman–Crippen LogP) is 2.90. The fourth-order valence-corrected chi connectivity index (χ4v) is 4.73. The molecule has 3 aromatic rings. The summed E-state index contributed by atoms with van der Waals surface area (Å²) in [5.41, 5.74) is 1.28. The van der Waals surface area contributed by atoms with Crippen molar-refractivity contribution in [3.05, 3.63) is 66.5 Å². The van der Waals surface area contributed by atoms with Gasteiger partial charge in [-0.2, -0.15) is 0 Å². The summed E-state index contributed by atoms with van der Waals surface area (Å²) in [6.45, 7) is 1.97. The molecule has 0 radical (unpaired) electrons. The minimum Gasteiger partial charge on any atom is -0.442 e. The van der Waals surface area contributed by atoms with E-state index in [2.05, 4.69) is 25.6 Å². The van der Waals surface area contributed by atoms with Crippen LogP contribution in [0.15, 0.2) is 61.0 Å². The summed E-state index contributed by atoms with van der Waals surface area (Å²) >= 11 is 0. The third-order valence-electron chi connectivity index (χ3n) is 6.47. The number of imidazole rings is 1. The summed E-state index contributed by atoms with van der Waals surface area (Å²) in [7, 11) is 1.74. The highest BCUT2D eigenvalue weighted by molar-refractivity contribution is 5.83. The second-order valence-corrected chi connectivity index (χ2v) is 8.87. The van der Waals surface area contributed by atoms with Crippen LogP contribution in [0.3, 0.4) is 0 Å². The Morgan fingerprint density at radius 3 is 2.78 bits per heavy atom. The predicted molar refractivity (Wildman–Crippen MR) is 131 cm³/mol. The lowest BCUT2D eigenvalue weighted by atomic mass is 9.84. The summed E-state index contributed by atoms with van der Waals surface area (Å²) < 4.78 is 23.1. The van der Waals surface area contributed by atoms with Crippen molar-refractivity contribution in [3.63, 3.8) is 0 Å². The molecule has 1 fully saturated rings. The molecule has 2 amide bonds. The number of carbonyl (C=O) groups is 2. The van der Waals surface area contributed by atoms with Gasteiger partial charge in [-0.15, -0.1) is 0 Å². The van der Waals surface area contributed by atoms with E-state index in [0.29, 0.717) is 22.6 Å². The second kappa shape index (κ2) is 9.40. The highest BCUT2D eigenvalue weighted by Crippen LogP contribution is 2.40. The maximum absolute atomic E-state index is 15.8. The van der Waals surface area contributed by atoms with Crippen LogP contribution in [0.5, 0.6) is 0 Å². The molecule has 36 heavy (non-hydrogen) atoms. The standard InChI is InChI=1S/C25H26FN7O3/c1-16(34)28-11-18-12-33(24(35)36-18)25(9-8-19(20(26)10-25)17-6-4-3-5-7-17)13-32-15-31-21-22(27-2)29-14-30-23(21)32/h3-9,14-15,18H,10-13H2,1-2H3,(H,28,34)(H,27,29,30)/t18-,25?/m0/s1. The second-order valence-electron chi connectivity index (χ2n) is 8.87. The van der Waals surface area contributed by atoms with Crippen LogP contribution in [0.1, 0.15) is 18.9 Å². The maximum Gasteiger partial charge on any atom is 0.411 e. The molecular formula is C25H26FN7O3. The van der Waals surface area contributed by atoms with E-state index in [4.69, 9.17) is 4.74 Å². The summed E-state index contributed by atoms with van der Waals surface area (Å²) in [6.07, 6.45) is 5.44. The lowest BCUT2D eigenvalue weighted by Gasteiger charge is -2.40. The maximum atomic E-state index is 15.8. The van der Waals surface area contributed by atoms with E-state index in [9.17, 15) is 9.59 Å². The molecule has 186 valence electrons. The molecule has 1 saturated heterocycles. The Bertz CT molecular complexity index is 1370. The van der Waals surface area contributed by atoms with Crippen LogP contribution in [0.4, 0.5) is 15.0 Å². The van der Waals surface area contributed by atoms with Crippen LogP contribution < -0.4 is 10.6 Å². The minimum atomic E-state index is -1.08. The van der Waals surface area contributed by atoms with Gasteiger partial charge in [0.25, 0.3) is 0 Å². The Balaban J connectivity index is 1.52. The van der Waals surface area contributed by atoms with Crippen LogP contribution in [0, 0.1) is 0 Å². The Kier molecular flexibility index (Phi) is 6.13. The fraction of sp³-hybridized carbons (Fsp3) is 0.320. The van der Waals surface area contributed by atoms with Gasteiger partial charge in [0, 0.05) is 26.0 Å². The number of hydrogen-bond acceptors (Lipinski definition) is 7. The van der Waals surface area contributed by atoms with E-state index in [-0.39, 0.29) is 37.8 Å². The molecular weight excluding hydrogens is 465 g/mol. The van der Waals surface area contributed by atoms with E-state index in [1.165, 1.54) is 18.2 Å². The monoisotopic (exact) mass is 491 g/mol. The van der Waals surface area contributed by atoms with Gasteiger partial charge < -0.3 is 19.9 Å². The number of aromatic nitrogens is 4. The van der Waals surface area contributed by atoms with Crippen molar-refractivity contribution < 1.29 is 18.7 Å². The first-order chi connectivity index (χ1) is 17.4. The molecule has 1 unspecified atom stereocenters. The quantitative estimate of drug-likeness (QED) is 0.522. The van der Waals surface area contributed by atoms with Gasteiger partial charge in [0.2, 0.25) is 5.91 Å². The molecule has 0 spiro atoms. The summed E-state index contributed by atoms with van der Waals surface area (Å²) in [5.74, 6) is 0.0142. The Hall–Kier alpha value is -4.28. The number of rotatable bonds is 7. The molecule has 1 aliphatic heterocycles. The van der Waals surface area contributed by atoms with Gasteiger partial charge in [-0.25, -0.2) is 24.1 Å². The first-order valence-electron chi connectivity index (χ1n) is 11.6. The molecule has 1 aromatic carbocycles. The highest BCUT2D eigenvalue weighted by Gasteiger charge is 2.47. The number of anilines is 1. The average molecular weight is 492 g/mol. The van der Waals surface area contributed by atoms with Gasteiger partial charge in [-0.05, 0) is 5.56 Å². The zero-order valence-corrected chi connectivity index (χ0v) is 19.9. The van der Waals surface area contributed by atoms with Gasteiger partial charge in [0.1, 0.15) is 23.8 Å². The largest absolute Gasteiger partial charge is 0.442 e. The smallest absolute Gasteiger partial charge is 0.411 e. The van der Waals surface area contributed by atoms with Crippen LogP contribution in [0.2, 0.25) is 0 Å². The van der Waals surface area contributed by atoms with Crippen molar-refractivity contribution in [2.45, 2.75) is 31.5 Å². The number of benzene rings is 1. The number of hydrogen-bond donors (Lipinski definition) is 2.